The van der Waals surface area contributed by atoms with E-state index in [0.29, 0.717) is 50.5 Å². The fourth-order valence-electron chi connectivity index (χ4n) is 5.03. The number of benzene rings is 2. The molecule has 0 aliphatic carbocycles. The van der Waals surface area contributed by atoms with Gasteiger partial charge >= 0.3 is 6.03 Å². The van der Waals surface area contributed by atoms with Crippen molar-refractivity contribution in [1.82, 2.24) is 14.7 Å². The molecule has 2 aliphatic rings. The Hall–Kier alpha value is -3.61. The van der Waals surface area contributed by atoms with E-state index in [1.165, 1.54) is 18.2 Å². The Bertz CT molecular complexity index is 1400. The molecule has 1 aromatic heterocycles. The molecule has 2 aromatic carbocycles. The number of likely N-dealkylation sites (tertiary alicyclic amines) is 1. The summed E-state index contributed by atoms with van der Waals surface area (Å²) in [5, 5.41) is 18.2. The van der Waals surface area contributed by atoms with E-state index >= 15 is 0 Å². The van der Waals surface area contributed by atoms with Gasteiger partial charge in [-0.2, -0.15) is 5.10 Å². The molecule has 1 atom stereocenters. The molecule has 12 heteroatoms. The summed E-state index contributed by atoms with van der Waals surface area (Å²) in [4.78, 5) is 27.3. The van der Waals surface area contributed by atoms with Gasteiger partial charge in [0.2, 0.25) is 5.78 Å². The average molecular weight is 642 g/mol. The van der Waals surface area contributed by atoms with Gasteiger partial charge in [0.25, 0.3) is 0 Å². The fraction of sp³-hybridized carbons (Fsp3) is 0.400. The Morgan fingerprint density at radius 2 is 1.81 bits per heavy atom. The second-order valence-corrected chi connectivity index (χ2v) is 11.3. The second kappa shape index (κ2) is 14.0. The van der Waals surface area contributed by atoms with Crippen LogP contribution in [0.2, 0.25) is 0 Å². The number of amidine groups is 1. The molecule has 0 saturated carbocycles. The van der Waals surface area contributed by atoms with Crippen LogP contribution in [0.5, 0.6) is 0 Å². The first kappa shape index (κ1) is 29.9. The maximum absolute atomic E-state index is 13.5. The molecular formula is C30H34BrFN6O4. The highest BCUT2D eigenvalue weighted by atomic mass is 79.9. The van der Waals surface area contributed by atoms with Crippen LogP contribution in [0.4, 0.5) is 20.6 Å². The van der Waals surface area contributed by atoms with E-state index in [1.807, 2.05) is 41.3 Å². The first-order chi connectivity index (χ1) is 20.4. The van der Waals surface area contributed by atoms with Gasteiger partial charge in [0, 0.05) is 48.7 Å². The van der Waals surface area contributed by atoms with Crippen molar-refractivity contribution in [3.8, 4) is 11.1 Å². The number of nitrogens with zero attached hydrogens (tertiary/aromatic N) is 3. The number of anilines is 2. The van der Waals surface area contributed by atoms with Crippen molar-refractivity contribution in [2.45, 2.75) is 44.9 Å². The van der Waals surface area contributed by atoms with Gasteiger partial charge in [-0.25, -0.2) is 9.18 Å². The lowest BCUT2D eigenvalue weighted by Gasteiger charge is -2.31. The number of halogens is 2. The third kappa shape index (κ3) is 7.81. The van der Waals surface area contributed by atoms with Gasteiger partial charge < -0.3 is 25.0 Å². The first-order valence-electron chi connectivity index (χ1n) is 14.1. The Labute approximate surface area is 252 Å². The van der Waals surface area contributed by atoms with Crippen LogP contribution in [-0.4, -0.2) is 64.9 Å². The van der Waals surface area contributed by atoms with Gasteiger partial charge in [-0.15, -0.1) is 0 Å². The lowest BCUT2D eigenvalue weighted by atomic mass is 9.92. The van der Waals surface area contributed by atoms with Crippen LogP contribution in [0.3, 0.4) is 0 Å². The molecule has 2 fully saturated rings. The Morgan fingerprint density at radius 1 is 1.05 bits per heavy atom. The van der Waals surface area contributed by atoms with Gasteiger partial charge in [-0.1, -0.05) is 12.1 Å². The molecule has 0 spiro atoms. The minimum absolute atomic E-state index is 0.112. The molecule has 10 nitrogen and oxygen atoms in total. The first-order valence-corrected chi connectivity index (χ1v) is 14.9. The molecule has 0 radical (unpaired) electrons. The zero-order valence-electron chi connectivity index (χ0n) is 23.2. The zero-order valence-corrected chi connectivity index (χ0v) is 24.7. The number of carbonyl (C=O) groups excluding carboxylic acids is 2. The Kier molecular flexibility index (Phi) is 9.98. The molecule has 2 saturated heterocycles. The van der Waals surface area contributed by atoms with E-state index in [-0.39, 0.29) is 34.3 Å². The van der Waals surface area contributed by atoms with Gasteiger partial charge in [-0.05, 0) is 83.9 Å². The van der Waals surface area contributed by atoms with Crippen LogP contribution < -0.4 is 10.6 Å². The summed E-state index contributed by atoms with van der Waals surface area (Å²) >= 11 is 3.10. The molecule has 42 heavy (non-hydrogen) atoms. The van der Waals surface area contributed by atoms with Gasteiger partial charge in [0.15, 0.2) is 12.1 Å². The monoisotopic (exact) mass is 640 g/mol. The predicted molar refractivity (Wildman–Crippen MR) is 161 cm³/mol. The quantitative estimate of drug-likeness (QED) is 0.198. The number of hydrogen-bond donors (Lipinski definition) is 3. The number of rotatable bonds is 9. The number of nitrogens with one attached hydrogen (secondary N) is 3. The highest BCUT2D eigenvalue weighted by molar-refractivity contribution is 9.10. The number of carbonyl (C=O) groups is 2. The molecule has 3 aromatic rings. The van der Waals surface area contributed by atoms with Crippen molar-refractivity contribution < 1.29 is 23.5 Å². The highest BCUT2D eigenvalue weighted by Crippen LogP contribution is 2.24. The third-order valence-electron chi connectivity index (χ3n) is 7.45. The number of aromatic nitrogens is 2. The highest BCUT2D eigenvalue weighted by Gasteiger charge is 2.29. The van der Waals surface area contributed by atoms with Crippen molar-refractivity contribution in [2.75, 3.05) is 36.9 Å². The molecule has 2 amide bonds. The smallest absolute Gasteiger partial charge is 0.321 e. The number of hydrogen-bond acceptors (Lipinski definition) is 6. The fourth-order valence-corrected chi connectivity index (χ4v) is 5.41. The van der Waals surface area contributed by atoms with E-state index < -0.39 is 5.82 Å². The minimum Gasteiger partial charge on any atom is -0.353 e. The summed E-state index contributed by atoms with van der Waals surface area (Å²) in [5.41, 5.74) is 3.08. The number of Topliss-reactive ketones (excluding diaryl/α,β-unsaturated/α-hetero) is 1. The number of ether oxygens (including phenoxy) is 2. The summed E-state index contributed by atoms with van der Waals surface area (Å²) in [6.45, 7) is 2.75. The van der Waals surface area contributed by atoms with Crippen LogP contribution in [-0.2, 0) is 20.8 Å². The zero-order chi connectivity index (χ0) is 29.5. The third-order valence-corrected chi connectivity index (χ3v) is 8.06. The lowest BCUT2D eigenvalue weighted by Crippen LogP contribution is -2.44. The van der Waals surface area contributed by atoms with E-state index in [1.54, 1.807) is 4.90 Å². The normalized spacial score (nSPS) is 17.6. The van der Waals surface area contributed by atoms with E-state index in [4.69, 9.17) is 14.9 Å². The van der Waals surface area contributed by atoms with Crippen molar-refractivity contribution in [2.24, 2.45) is 5.92 Å². The molecule has 5 rings (SSSR count). The summed E-state index contributed by atoms with van der Waals surface area (Å²) < 4.78 is 26.9. The van der Waals surface area contributed by atoms with Gasteiger partial charge in [-0.3, -0.25) is 14.9 Å². The van der Waals surface area contributed by atoms with E-state index in [9.17, 15) is 14.0 Å². The standard InChI is InChI=1S/C30H34BrFN6O4/c31-25-17-24(8-9-26(25)32)35-29(33)28(39)21-10-12-37(13-11-21)30(40)36-23-6-4-20(5-7-23)22-18-34-38(19-22)14-16-42-27-3-1-2-15-41-27/h4-9,17-19,21,27H,1-3,10-16H2,(H2,33,35)(H,36,40). The predicted octanol–water partition coefficient (Wildman–Crippen LogP) is 5.90. The Balaban J connectivity index is 1.05. The lowest BCUT2D eigenvalue weighted by molar-refractivity contribution is -0.163. The largest absolute Gasteiger partial charge is 0.353 e. The van der Waals surface area contributed by atoms with Crippen molar-refractivity contribution in [1.29, 1.82) is 5.41 Å². The summed E-state index contributed by atoms with van der Waals surface area (Å²) in [5.74, 6) is -1.34. The maximum Gasteiger partial charge on any atom is 0.321 e. The topological polar surface area (TPSA) is 122 Å². The summed E-state index contributed by atoms with van der Waals surface area (Å²) in [6.07, 6.45) is 7.76. The number of ketones is 1. The van der Waals surface area contributed by atoms with E-state index in [0.717, 1.165) is 37.0 Å². The molecule has 0 bridgehead atoms. The number of urea groups is 1. The number of amides is 2. The molecule has 1 unspecified atom stereocenters. The molecule has 3 N–H and O–H groups in total. The molecule has 2 aliphatic heterocycles. The second-order valence-electron chi connectivity index (χ2n) is 10.4. The van der Waals surface area contributed by atoms with Crippen molar-refractivity contribution in [3.63, 3.8) is 0 Å². The summed E-state index contributed by atoms with van der Waals surface area (Å²) in [6, 6.07) is 11.6. The minimum atomic E-state index is -0.421. The van der Waals surface area contributed by atoms with Crippen LogP contribution in [0.1, 0.15) is 32.1 Å². The number of piperidine rings is 1. The molecular weight excluding hydrogens is 607 g/mol. The molecule has 222 valence electrons. The van der Waals surface area contributed by atoms with Crippen molar-refractivity contribution >= 4 is 45.0 Å². The van der Waals surface area contributed by atoms with Gasteiger partial charge in [0.1, 0.15) is 5.82 Å². The maximum atomic E-state index is 13.5. The average Bonchev–Trinajstić information content (AvgIpc) is 3.48. The van der Waals surface area contributed by atoms with Crippen LogP contribution in [0.25, 0.3) is 11.1 Å². The van der Waals surface area contributed by atoms with Gasteiger partial charge in [0.05, 0.1) is 23.8 Å². The summed E-state index contributed by atoms with van der Waals surface area (Å²) in [7, 11) is 0. The van der Waals surface area contributed by atoms with Crippen LogP contribution in [0.15, 0.2) is 59.3 Å². The van der Waals surface area contributed by atoms with E-state index in [2.05, 4.69) is 31.7 Å². The van der Waals surface area contributed by atoms with Crippen LogP contribution in [0, 0.1) is 17.1 Å². The van der Waals surface area contributed by atoms with Crippen LogP contribution >= 0.6 is 15.9 Å². The molecule has 3 heterocycles. The SMILES string of the molecule is N=C(Nc1ccc(F)c(Br)c1)C(=O)C1CCN(C(=O)Nc2ccc(-c3cnn(CCOC4CCCCO4)c3)cc2)CC1. The van der Waals surface area contributed by atoms with Crippen molar-refractivity contribution in [3.05, 3.63) is 65.1 Å². The Morgan fingerprint density at radius 3 is 2.52 bits per heavy atom.